The van der Waals surface area contributed by atoms with Crippen LogP contribution >= 0.6 is 0 Å². The Morgan fingerprint density at radius 3 is 2.68 bits per heavy atom. The molecule has 1 rings (SSSR count). The number of unbranched alkanes of at least 4 members (excludes halogenated alkanes) is 1. The number of carbonyl (C=O) groups is 1. The summed E-state index contributed by atoms with van der Waals surface area (Å²) in [7, 11) is 0. The molecule has 1 amide bonds. The fourth-order valence-corrected chi connectivity index (χ4v) is 1.68. The lowest BCUT2D eigenvalue weighted by molar-refractivity contribution is -0.121. The van der Waals surface area contributed by atoms with Crippen molar-refractivity contribution in [3.63, 3.8) is 0 Å². The van der Waals surface area contributed by atoms with Gasteiger partial charge in [0.2, 0.25) is 5.91 Å². The number of nitrogens with two attached hydrogens (primary N) is 1. The fourth-order valence-electron chi connectivity index (χ4n) is 1.68. The number of amides is 1. The molecular formula is C15H24N2O2. The molecule has 0 saturated heterocycles. The molecular weight excluding hydrogens is 240 g/mol. The van der Waals surface area contributed by atoms with Gasteiger partial charge in [0.15, 0.2) is 0 Å². The molecule has 0 atom stereocenters. The smallest absolute Gasteiger partial charge is 0.219 e. The molecule has 4 heteroatoms. The summed E-state index contributed by atoms with van der Waals surface area (Å²) in [6, 6.07) is 10.1. The van der Waals surface area contributed by atoms with Crippen molar-refractivity contribution in [1.82, 2.24) is 5.32 Å². The summed E-state index contributed by atoms with van der Waals surface area (Å²) in [5.74, 6) is 0.108. The van der Waals surface area contributed by atoms with Crippen LogP contribution < -0.4 is 11.1 Å². The van der Waals surface area contributed by atoms with Crippen LogP contribution in [-0.4, -0.2) is 25.6 Å². The lowest BCUT2D eigenvalue weighted by atomic mass is 10.2. The first-order chi connectivity index (χ1) is 9.33. The largest absolute Gasteiger partial charge is 0.377 e. The van der Waals surface area contributed by atoms with Gasteiger partial charge in [-0.15, -0.1) is 0 Å². The van der Waals surface area contributed by atoms with Crippen molar-refractivity contribution >= 4 is 5.91 Å². The molecule has 1 aromatic carbocycles. The van der Waals surface area contributed by atoms with Gasteiger partial charge in [-0.25, -0.2) is 0 Å². The van der Waals surface area contributed by atoms with E-state index in [1.165, 1.54) is 5.56 Å². The molecule has 0 bridgehead atoms. The van der Waals surface area contributed by atoms with Gasteiger partial charge in [0.05, 0.1) is 6.61 Å². The van der Waals surface area contributed by atoms with Gasteiger partial charge < -0.3 is 15.8 Å². The third-order valence-electron chi connectivity index (χ3n) is 2.76. The Labute approximate surface area is 115 Å². The second-order valence-electron chi connectivity index (χ2n) is 4.49. The van der Waals surface area contributed by atoms with Crippen LogP contribution in [0.2, 0.25) is 0 Å². The minimum Gasteiger partial charge on any atom is -0.377 e. The highest BCUT2D eigenvalue weighted by Gasteiger charge is 1.99. The lowest BCUT2D eigenvalue weighted by Crippen LogP contribution is -2.25. The van der Waals surface area contributed by atoms with Crippen molar-refractivity contribution < 1.29 is 9.53 Å². The van der Waals surface area contributed by atoms with E-state index in [2.05, 4.69) is 5.32 Å². The number of hydrogen-bond acceptors (Lipinski definition) is 3. The van der Waals surface area contributed by atoms with E-state index in [-0.39, 0.29) is 5.91 Å². The molecule has 1 aromatic rings. The van der Waals surface area contributed by atoms with Gasteiger partial charge in [-0.1, -0.05) is 30.3 Å². The number of benzene rings is 1. The molecule has 0 spiro atoms. The average molecular weight is 264 g/mol. The van der Waals surface area contributed by atoms with E-state index in [0.717, 1.165) is 19.3 Å². The maximum absolute atomic E-state index is 11.4. The molecule has 0 aliphatic heterocycles. The van der Waals surface area contributed by atoms with Crippen LogP contribution in [0.25, 0.3) is 0 Å². The average Bonchev–Trinajstić information content (AvgIpc) is 2.44. The highest BCUT2D eigenvalue weighted by Crippen LogP contribution is 2.00. The van der Waals surface area contributed by atoms with Crippen LogP contribution in [-0.2, 0) is 16.1 Å². The normalized spacial score (nSPS) is 10.4. The Balaban J connectivity index is 1.92. The van der Waals surface area contributed by atoms with Gasteiger partial charge in [-0.3, -0.25) is 4.79 Å². The molecule has 19 heavy (non-hydrogen) atoms. The van der Waals surface area contributed by atoms with Crippen LogP contribution in [0.4, 0.5) is 0 Å². The Kier molecular flexibility index (Phi) is 8.68. The molecule has 4 nitrogen and oxygen atoms in total. The second-order valence-corrected chi connectivity index (χ2v) is 4.49. The van der Waals surface area contributed by atoms with E-state index < -0.39 is 0 Å². The van der Waals surface area contributed by atoms with Crippen molar-refractivity contribution in [3.05, 3.63) is 35.9 Å². The minimum atomic E-state index is 0.108. The van der Waals surface area contributed by atoms with Crippen LogP contribution in [0.3, 0.4) is 0 Å². The van der Waals surface area contributed by atoms with Crippen molar-refractivity contribution in [3.8, 4) is 0 Å². The van der Waals surface area contributed by atoms with E-state index in [4.69, 9.17) is 10.5 Å². The molecule has 0 aromatic heterocycles. The van der Waals surface area contributed by atoms with E-state index in [9.17, 15) is 4.79 Å². The van der Waals surface area contributed by atoms with E-state index in [0.29, 0.717) is 32.7 Å². The first-order valence-electron chi connectivity index (χ1n) is 6.91. The maximum atomic E-state index is 11.4. The summed E-state index contributed by atoms with van der Waals surface area (Å²) in [6.07, 6.45) is 3.19. The fraction of sp³-hybridized carbons (Fsp3) is 0.533. The second kappa shape index (κ2) is 10.5. The highest BCUT2D eigenvalue weighted by molar-refractivity contribution is 5.75. The van der Waals surface area contributed by atoms with Gasteiger partial charge in [0, 0.05) is 19.6 Å². The summed E-state index contributed by atoms with van der Waals surface area (Å²) in [4.78, 5) is 11.4. The standard InChI is InChI=1S/C15H24N2O2/c16-10-5-4-9-15(18)17-11-6-12-19-13-14-7-2-1-3-8-14/h1-3,7-8H,4-6,9-13,16H2,(H,17,18). The monoisotopic (exact) mass is 264 g/mol. The zero-order chi connectivity index (χ0) is 13.8. The van der Waals surface area contributed by atoms with Crippen LogP contribution in [0.1, 0.15) is 31.2 Å². The van der Waals surface area contributed by atoms with Crippen LogP contribution in [0.5, 0.6) is 0 Å². The van der Waals surface area contributed by atoms with Crippen LogP contribution in [0, 0.1) is 0 Å². The van der Waals surface area contributed by atoms with Crippen LogP contribution in [0.15, 0.2) is 30.3 Å². The Hall–Kier alpha value is -1.39. The van der Waals surface area contributed by atoms with Gasteiger partial charge in [0.1, 0.15) is 0 Å². The predicted molar refractivity (Wildman–Crippen MR) is 76.6 cm³/mol. The molecule has 0 fully saturated rings. The van der Waals surface area contributed by atoms with E-state index >= 15 is 0 Å². The maximum Gasteiger partial charge on any atom is 0.219 e. The number of rotatable bonds is 10. The minimum absolute atomic E-state index is 0.108. The quantitative estimate of drug-likeness (QED) is 0.634. The Morgan fingerprint density at radius 2 is 1.95 bits per heavy atom. The summed E-state index contributed by atoms with van der Waals surface area (Å²) in [6.45, 7) is 2.63. The van der Waals surface area contributed by atoms with Gasteiger partial charge in [-0.05, 0) is 31.4 Å². The lowest BCUT2D eigenvalue weighted by Gasteiger charge is -2.06. The van der Waals surface area contributed by atoms with Gasteiger partial charge in [0.25, 0.3) is 0 Å². The Bertz CT molecular complexity index is 341. The zero-order valence-electron chi connectivity index (χ0n) is 11.4. The SMILES string of the molecule is NCCCCC(=O)NCCCOCc1ccccc1. The number of ether oxygens (including phenoxy) is 1. The zero-order valence-corrected chi connectivity index (χ0v) is 11.4. The van der Waals surface area contributed by atoms with Crippen molar-refractivity contribution in [2.45, 2.75) is 32.3 Å². The number of nitrogens with one attached hydrogen (secondary N) is 1. The summed E-state index contributed by atoms with van der Waals surface area (Å²) in [5.41, 5.74) is 6.54. The highest BCUT2D eigenvalue weighted by atomic mass is 16.5. The molecule has 106 valence electrons. The molecule has 0 unspecified atom stereocenters. The molecule has 3 N–H and O–H groups in total. The van der Waals surface area contributed by atoms with Gasteiger partial charge >= 0.3 is 0 Å². The van der Waals surface area contributed by atoms with Crippen molar-refractivity contribution in [2.24, 2.45) is 5.73 Å². The molecule has 0 aliphatic rings. The topological polar surface area (TPSA) is 64.4 Å². The third kappa shape index (κ3) is 8.35. The first kappa shape index (κ1) is 15.7. The number of carbonyl (C=O) groups excluding carboxylic acids is 1. The summed E-state index contributed by atoms with van der Waals surface area (Å²) in [5, 5.41) is 2.88. The molecule has 0 radical (unpaired) electrons. The molecule has 0 saturated carbocycles. The predicted octanol–water partition coefficient (Wildman–Crippen LogP) is 1.84. The summed E-state index contributed by atoms with van der Waals surface area (Å²) >= 11 is 0. The summed E-state index contributed by atoms with van der Waals surface area (Å²) < 4.78 is 5.53. The van der Waals surface area contributed by atoms with E-state index in [1.807, 2.05) is 30.3 Å². The first-order valence-corrected chi connectivity index (χ1v) is 6.91. The van der Waals surface area contributed by atoms with E-state index in [1.54, 1.807) is 0 Å². The van der Waals surface area contributed by atoms with Crippen molar-refractivity contribution in [1.29, 1.82) is 0 Å². The molecule has 0 aliphatic carbocycles. The third-order valence-corrected chi connectivity index (χ3v) is 2.76. The van der Waals surface area contributed by atoms with Crippen molar-refractivity contribution in [2.75, 3.05) is 19.7 Å². The van der Waals surface area contributed by atoms with Gasteiger partial charge in [-0.2, -0.15) is 0 Å². The number of hydrogen-bond donors (Lipinski definition) is 2. The molecule has 0 heterocycles. The Morgan fingerprint density at radius 1 is 1.16 bits per heavy atom.